The van der Waals surface area contributed by atoms with Gasteiger partial charge in [-0.25, -0.2) is 8.78 Å². The number of amides is 1. The van der Waals surface area contributed by atoms with E-state index in [9.17, 15) is 13.6 Å². The molecule has 1 aromatic carbocycles. The SMILES string of the molecule is O=C(Cc1cc(F)cc(F)c1)Nc1cc([C@H]2C[CH]CC2)[nH]n1. The van der Waals surface area contributed by atoms with Gasteiger partial charge in [0.15, 0.2) is 5.82 Å². The summed E-state index contributed by atoms with van der Waals surface area (Å²) >= 11 is 0. The molecule has 0 aliphatic heterocycles. The number of hydrogen-bond acceptors (Lipinski definition) is 2. The predicted molar refractivity (Wildman–Crippen MR) is 78.2 cm³/mol. The van der Waals surface area contributed by atoms with Crippen molar-refractivity contribution in [2.24, 2.45) is 0 Å². The Labute approximate surface area is 126 Å². The summed E-state index contributed by atoms with van der Waals surface area (Å²) < 4.78 is 26.2. The zero-order valence-electron chi connectivity index (χ0n) is 11.9. The van der Waals surface area contributed by atoms with Crippen molar-refractivity contribution in [2.45, 2.75) is 31.6 Å². The third kappa shape index (κ3) is 3.50. The summed E-state index contributed by atoms with van der Waals surface area (Å²) in [5.41, 5.74) is 1.29. The first kappa shape index (κ1) is 14.7. The second-order valence-electron chi connectivity index (χ2n) is 5.51. The Morgan fingerprint density at radius 2 is 2.05 bits per heavy atom. The van der Waals surface area contributed by atoms with Gasteiger partial charge < -0.3 is 5.32 Å². The first-order chi connectivity index (χ1) is 10.6. The molecule has 22 heavy (non-hydrogen) atoms. The van der Waals surface area contributed by atoms with Crippen molar-refractivity contribution in [1.29, 1.82) is 0 Å². The van der Waals surface area contributed by atoms with Crippen molar-refractivity contribution in [3.05, 3.63) is 53.6 Å². The van der Waals surface area contributed by atoms with E-state index in [0.717, 1.165) is 43.2 Å². The lowest BCUT2D eigenvalue weighted by atomic mass is 10.0. The smallest absolute Gasteiger partial charge is 0.229 e. The fraction of sp³-hybridized carbons (Fsp3) is 0.312. The minimum atomic E-state index is -0.692. The van der Waals surface area contributed by atoms with Gasteiger partial charge in [-0.15, -0.1) is 0 Å². The normalized spacial score (nSPS) is 15.2. The molecule has 1 saturated carbocycles. The van der Waals surface area contributed by atoms with Crippen molar-refractivity contribution in [3.8, 4) is 0 Å². The van der Waals surface area contributed by atoms with Crippen LogP contribution in [-0.4, -0.2) is 16.1 Å². The molecular formula is C16H16F2N3O. The molecule has 1 radical (unpaired) electrons. The number of benzene rings is 1. The van der Waals surface area contributed by atoms with E-state index in [4.69, 9.17) is 0 Å². The Morgan fingerprint density at radius 3 is 2.73 bits per heavy atom. The van der Waals surface area contributed by atoms with E-state index >= 15 is 0 Å². The molecule has 0 bridgehead atoms. The van der Waals surface area contributed by atoms with E-state index in [0.29, 0.717) is 11.7 Å². The van der Waals surface area contributed by atoms with Gasteiger partial charge in [0.1, 0.15) is 11.6 Å². The lowest BCUT2D eigenvalue weighted by molar-refractivity contribution is -0.115. The number of rotatable bonds is 4. The van der Waals surface area contributed by atoms with E-state index in [1.165, 1.54) is 0 Å². The highest BCUT2D eigenvalue weighted by Crippen LogP contribution is 2.33. The van der Waals surface area contributed by atoms with Crippen molar-refractivity contribution in [3.63, 3.8) is 0 Å². The van der Waals surface area contributed by atoms with Crippen LogP contribution in [0.3, 0.4) is 0 Å². The lowest BCUT2D eigenvalue weighted by Gasteiger charge is -2.04. The number of halogens is 2. The van der Waals surface area contributed by atoms with E-state index in [2.05, 4.69) is 21.9 Å². The summed E-state index contributed by atoms with van der Waals surface area (Å²) in [6, 6.07) is 4.88. The van der Waals surface area contributed by atoms with E-state index in [-0.39, 0.29) is 17.9 Å². The van der Waals surface area contributed by atoms with Crippen molar-refractivity contribution in [2.75, 3.05) is 5.32 Å². The molecule has 0 unspecified atom stereocenters. The van der Waals surface area contributed by atoms with Crippen LogP contribution in [0.4, 0.5) is 14.6 Å². The number of hydrogen-bond donors (Lipinski definition) is 2. The molecule has 6 heteroatoms. The molecule has 1 aliphatic rings. The Kier molecular flexibility index (Phi) is 4.18. The molecule has 2 aromatic rings. The molecule has 1 amide bonds. The van der Waals surface area contributed by atoms with Crippen LogP contribution < -0.4 is 5.32 Å². The van der Waals surface area contributed by atoms with Crippen LogP contribution in [-0.2, 0) is 11.2 Å². The van der Waals surface area contributed by atoms with Gasteiger partial charge in [-0.3, -0.25) is 9.89 Å². The van der Waals surface area contributed by atoms with Crippen LogP contribution in [0.1, 0.15) is 36.4 Å². The number of carbonyl (C=O) groups excluding carboxylic acids is 1. The molecule has 2 N–H and O–H groups in total. The zero-order valence-corrected chi connectivity index (χ0v) is 11.9. The summed E-state index contributed by atoms with van der Waals surface area (Å²) in [7, 11) is 0. The summed E-state index contributed by atoms with van der Waals surface area (Å²) in [4.78, 5) is 11.9. The number of nitrogens with zero attached hydrogens (tertiary/aromatic N) is 1. The predicted octanol–water partition coefficient (Wildman–Crippen LogP) is 3.34. The topological polar surface area (TPSA) is 57.8 Å². The maximum absolute atomic E-state index is 13.1. The Hall–Kier alpha value is -2.24. The number of carbonyl (C=O) groups is 1. The minimum absolute atomic E-state index is 0.103. The molecule has 1 atom stereocenters. The second-order valence-corrected chi connectivity index (χ2v) is 5.51. The molecule has 0 saturated heterocycles. The average molecular weight is 304 g/mol. The van der Waals surface area contributed by atoms with Crippen LogP contribution in [0.25, 0.3) is 0 Å². The number of nitrogens with one attached hydrogen (secondary N) is 2. The largest absolute Gasteiger partial charge is 0.309 e. The molecule has 1 heterocycles. The van der Waals surface area contributed by atoms with Crippen molar-refractivity contribution < 1.29 is 13.6 Å². The summed E-state index contributed by atoms with van der Waals surface area (Å²) in [5, 5.41) is 9.63. The number of H-pyrrole nitrogens is 1. The van der Waals surface area contributed by atoms with Crippen LogP contribution >= 0.6 is 0 Å². The van der Waals surface area contributed by atoms with E-state index < -0.39 is 11.6 Å². The molecule has 1 aliphatic carbocycles. The van der Waals surface area contributed by atoms with E-state index in [1.54, 1.807) is 0 Å². The van der Waals surface area contributed by atoms with Crippen molar-refractivity contribution in [1.82, 2.24) is 10.2 Å². The third-order valence-corrected chi connectivity index (χ3v) is 3.76. The fourth-order valence-corrected chi connectivity index (χ4v) is 2.73. The Morgan fingerprint density at radius 1 is 1.27 bits per heavy atom. The van der Waals surface area contributed by atoms with Gasteiger partial charge in [0.25, 0.3) is 0 Å². The van der Waals surface area contributed by atoms with Gasteiger partial charge in [-0.05, 0) is 43.4 Å². The first-order valence-electron chi connectivity index (χ1n) is 7.22. The highest BCUT2D eigenvalue weighted by Gasteiger charge is 2.19. The molecule has 115 valence electrons. The standard InChI is InChI=1S/C16H16F2N3O/c17-12-5-10(6-13(18)8-12)7-16(22)19-15-9-14(20-21-15)11-3-1-2-4-11/h1,5-6,8-9,11H,2-4,7H2,(H2,19,20,21,22)/t11-/m0/s1. The van der Waals surface area contributed by atoms with Gasteiger partial charge in [0, 0.05) is 23.7 Å². The maximum Gasteiger partial charge on any atom is 0.229 e. The molecule has 4 nitrogen and oxygen atoms in total. The molecular weight excluding hydrogens is 288 g/mol. The maximum atomic E-state index is 13.1. The monoisotopic (exact) mass is 304 g/mol. The van der Waals surface area contributed by atoms with Gasteiger partial charge >= 0.3 is 0 Å². The van der Waals surface area contributed by atoms with Gasteiger partial charge in [-0.2, -0.15) is 5.10 Å². The molecule has 1 fully saturated rings. The highest BCUT2D eigenvalue weighted by molar-refractivity contribution is 5.91. The molecule has 0 spiro atoms. The summed E-state index contributed by atoms with van der Waals surface area (Å²) in [5.74, 6) is -0.884. The first-order valence-corrected chi connectivity index (χ1v) is 7.22. The third-order valence-electron chi connectivity index (χ3n) is 3.76. The quantitative estimate of drug-likeness (QED) is 0.910. The van der Waals surface area contributed by atoms with Gasteiger partial charge in [0.2, 0.25) is 5.91 Å². The Balaban J connectivity index is 1.61. The van der Waals surface area contributed by atoms with Crippen LogP contribution in [0.5, 0.6) is 0 Å². The summed E-state index contributed by atoms with van der Waals surface area (Å²) in [6.07, 6.45) is 5.32. The second kappa shape index (κ2) is 6.25. The van der Waals surface area contributed by atoms with Crippen molar-refractivity contribution >= 4 is 11.7 Å². The van der Waals surface area contributed by atoms with Crippen LogP contribution in [0.2, 0.25) is 0 Å². The molecule has 1 aromatic heterocycles. The number of aromatic amines is 1. The average Bonchev–Trinajstić information content (AvgIpc) is 3.07. The van der Waals surface area contributed by atoms with E-state index in [1.807, 2.05) is 6.07 Å². The van der Waals surface area contributed by atoms with Gasteiger partial charge in [0.05, 0.1) is 6.42 Å². The molecule has 3 rings (SSSR count). The number of aromatic nitrogens is 2. The van der Waals surface area contributed by atoms with Crippen LogP contribution in [0.15, 0.2) is 24.3 Å². The highest BCUT2D eigenvalue weighted by atomic mass is 19.1. The van der Waals surface area contributed by atoms with Crippen LogP contribution in [0, 0.1) is 18.1 Å². The minimum Gasteiger partial charge on any atom is -0.309 e. The Bertz CT molecular complexity index is 658. The summed E-state index contributed by atoms with van der Waals surface area (Å²) in [6.45, 7) is 0. The lowest BCUT2D eigenvalue weighted by Crippen LogP contribution is -2.14. The number of anilines is 1. The fourth-order valence-electron chi connectivity index (χ4n) is 2.73. The van der Waals surface area contributed by atoms with Gasteiger partial charge in [-0.1, -0.05) is 0 Å². The zero-order chi connectivity index (χ0) is 15.5.